The Labute approximate surface area is 140 Å². The van der Waals surface area contributed by atoms with E-state index in [1.165, 1.54) is 0 Å². The molecule has 1 aliphatic rings. The number of nitrogens with zero attached hydrogens (tertiary/aromatic N) is 5. The molecule has 1 fully saturated rings. The highest BCUT2D eigenvalue weighted by Gasteiger charge is 2.24. The van der Waals surface area contributed by atoms with Gasteiger partial charge in [0.05, 0.1) is 7.11 Å². The Morgan fingerprint density at radius 2 is 2.29 bits per heavy atom. The van der Waals surface area contributed by atoms with Gasteiger partial charge >= 0.3 is 0 Å². The van der Waals surface area contributed by atoms with Gasteiger partial charge in [0.2, 0.25) is 11.8 Å². The van der Waals surface area contributed by atoms with Crippen molar-refractivity contribution in [2.45, 2.75) is 25.8 Å². The van der Waals surface area contributed by atoms with Crippen molar-refractivity contribution in [3.05, 3.63) is 29.7 Å². The van der Waals surface area contributed by atoms with E-state index < -0.39 is 0 Å². The highest BCUT2D eigenvalue weighted by atomic mass is 16.5. The monoisotopic (exact) mass is 330 g/mol. The van der Waals surface area contributed by atoms with E-state index >= 15 is 0 Å². The van der Waals surface area contributed by atoms with Crippen LogP contribution in [0.4, 0.5) is 5.95 Å². The highest BCUT2D eigenvalue weighted by molar-refractivity contribution is 5.92. The number of aromatic nitrogens is 4. The molecule has 128 valence electrons. The lowest BCUT2D eigenvalue weighted by Crippen LogP contribution is -2.48. The zero-order valence-corrected chi connectivity index (χ0v) is 14.2. The lowest BCUT2D eigenvalue weighted by Gasteiger charge is -2.33. The van der Waals surface area contributed by atoms with E-state index in [9.17, 15) is 4.79 Å². The molecule has 1 aliphatic heterocycles. The van der Waals surface area contributed by atoms with Crippen LogP contribution in [0.3, 0.4) is 0 Å². The Bertz CT molecular complexity index is 710. The Hall–Kier alpha value is -2.64. The van der Waals surface area contributed by atoms with Gasteiger partial charge in [-0.2, -0.15) is 10.1 Å². The Morgan fingerprint density at radius 3 is 3.00 bits per heavy atom. The Balaban J connectivity index is 1.65. The molecule has 0 spiro atoms. The minimum Gasteiger partial charge on any atom is -0.481 e. The number of amides is 1. The fourth-order valence-corrected chi connectivity index (χ4v) is 2.81. The van der Waals surface area contributed by atoms with Gasteiger partial charge in [-0.05, 0) is 25.8 Å². The second-order valence-corrected chi connectivity index (χ2v) is 5.95. The van der Waals surface area contributed by atoms with Crippen LogP contribution < -0.4 is 15.0 Å². The molecule has 0 aromatic carbocycles. The van der Waals surface area contributed by atoms with Crippen molar-refractivity contribution in [3.8, 4) is 5.88 Å². The number of nitrogens with one attached hydrogen (secondary N) is 1. The van der Waals surface area contributed by atoms with E-state index in [0.29, 0.717) is 24.1 Å². The molecule has 8 nitrogen and oxygen atoms in total. The number of rotatable bonds is 4. The van der Waals surface area contributed by atoms with Gasteiger partial charge in [-0.25, -0.2) is 4.98 Å². The maximum atomic E-state index is 12.4. The summed E-state index contributed by atoms with van der Waals surface area (Å²) < 4.78 is 6.85. The molecule has 2 aromatic rings. The highest BCUT2D eigenvalue weighted by Crippen LogP contribution is 2.18. The first-order chi connectivity index (χ1) is 11.6. The summed E-state index contributed by atoms with van der Waals surface area (Å²) in [7, 11) is 3.41. The maximum Gasteiger partial charge on any atom is 0.272 e. The van der Waals surface area contributed by atoms with Crippen molar-refractivity contribution in [2.75, 3.05) is 25.1 Å². The summed E-state index contributed by atoms with van der Waals surface area (Å²) in [4.78, 5) is 23.1. The van der Waals surface area contributed by atoms with Gasteiger partial charge in [0.1, 0.15) is 5.69 Å². The van der Waals surface area contributed by atoms with Crippen LogP contribution in [-0.4, -0.2) is 51.9 Å². The van der Waals surface area contributed by atoms with Crippen molar-refractivity contribution in [1.29, 1.82) is 0 Å². The van der Waals surface area contributed by atoms with Crippen LogP contribution in [0, 0.1) is 6.92 Å². The molecule has 3 heterocycles. The van der Waals surface area contributed by atoms with Crippen molar-refractivity contribution in [2.24, 2.45) is 7.05 Å². The predicted molar refractivity (Wildman–Crippen MR) is 89.2 cm³/mol. The molecule has 0 radical (unpaired) electrons. The molecule has 1 atom stereocenters. The number of hydrogen-bond acceptors (Lipinski definition) is 6. The minimum absolute atomic E-state index is 0.0448. The molecule has 1 N–H and O–H groups in total. The summed E-state index contributed by atoms with van der Waals surface area (Å²) >= 11 is 0. The number of ether oxygens (including phenoxy) is 1. The van der Waals surface area contributed by atoms with Crippen LogP contribution >= 0.6 is 0 Å². The normalized spacial score (nSPS) is 17.6. The van der Waals surface area contributed by atoms with Crippen molar-refractivity contribution in [1.82, 2.24) is 25.1 Å². The summed E-state index contributed by atoms with van der Waals surface area (Å²) in [5.74, 6) is 1.02. The number of anilines is 1. The van der Waals surface area contributed by atoms with Crippen LogP contribution in [0.25, 0.3) is 0 Å². The van der Waals surface area contributed by atoms with E-state index in [2.05, 4.69) is 25.3 Å². The second-order valence-electron chi connectivity index (χ2n) is 5.95. The molecule has 0 bridgehead atoms. The number of piperidine rings is 1. The van der Waals surface area contributed by atoms with Crippen molar-refractivity contribution < 1.29 is 9.53 Å². The van der Waals surface area contributed by atoms with Crippen LogP contribution in [-0.2, 0) is 7.05 Å². The maximum absolute atomic E-state index is 12.4. The van der Waals surface area contributed by atoms with Crippen LogP contribution in [0.1, 0.15) is 29.0 Å². The van der Waals surface area contributed by atoms with E-state index in [4.69, 9.17) is 4.74 Å². The van der Waals surface area contributed by atoms with Gasteiger partial charge in [-0.15, -0.1) is 0 Å². The molecular weight excluding hydrogens is 308 g/mol. The molecule has 0 saturated carbocycles. The SMILES string of the molecule is COc1ccnc(N2CCCC(NC(=O)c3cc(C)n(C)n3)C2)n1. The molecule has 1 unspecified atom stereocenters. The number of aryl methyl sites for hydroxylation is 2. The summed E-state index contributed by atoms with van der Waals surface area (Å²) in [5.41, 5.74) is 1.40. The predicted octanol–water partition coefficient (Wildman–Crippen LogP) is 0.926. The van der Waals surface area contributed by atoms with E-state index in [1.54, 1.807) is 30.1 Å². The zero-order valence-electron chi connectivity index (χ0n) is 14.2. The fraction of sp³-hybridized carbons (Fsp3) is 0.500. The summed E-state index contributed by atoms with van der Waals surface area (Å²) in [6.07, 6.45) is 3.57. The van der Waals surface area contributed by atoms with E-state index in [0.717, 1.165) is 25.1 Å². The quantitative estimate of drug-likeness (QED) is 0.897. The first-order valence-electron chi connectivity index (χ1n) is 8.00. The van der Waals surface area contributed by atoms with Gasteiger partial charge in [-0.3, -0.25) is 9.48 Å². The van der Waals surface area contributed by atoms with Crippen LogP contribution in [0.15, 0.2) is 18.3 Å². The number of methoxy groups -OCH3 is 1. The summed E-state index contributed by atoms with van der Waals surface area (Å²) in [5, 5.41) is 7.29. The number of hydrogen-bond donors (Lipinski definition) is 1. The zero-order chi connectivity index (χ0) is 17.1. The summed E-state index contributed by atoms with van der Waals surface area (Å²) in [6, 6.07) is 3.56. The lowest BCUT2D eigenvalue weighted by atomic mass is 10.1. The lowest BCUT2D eigenvalue weighted by molar-refractivity contribution is 0.0927. The first-order valence-corrected chi connectivity index (χ1v) is 8.00. The molecular formula is C16H22N6O2. The largest absolute Gasteiger partial charge is 0.481 e. The number of carbonyl (C=O) groups is 1. The molecule has 3 rings (SSSR count). The standard InChI is InChI=1S/C16H22N6O2/c1-11-9-13(20-21(11)2)15(23)18-12-5-4-8-22(10-12)16-17-7-6-14(19-16)24-3/h6-7,9,12H,4-5,8,10H2,1-3H3,(H,18,23). The second kappa shape index (κ2) is 6.86. The molecule has 1 saturated heterocycles. The summed E-state index contributed by atoms with van der Waals surface area (Å²) in [6.45, 7) is 3.46. The van der Waals surface area contributed by atoms with Crippen LogP contribution in [0.2, 0.25) is 0 Å². The number of carbonyl (C=O) groups excluding carboxylic acids is 1. The molecule has 8 heteroatoms. The molecule has 1 amide bonds. The van der Waals surface area contributed by atoms with Gasteiger partial charge in [0.25, 0.3) is 5.91 Å². The third kappa shape index (κ3) is 3.47. The van der Waals surface area contributed by atoms with Gasteiger partial charge in [0, 0.05) is 44.1 Å². The van der Waals surface area contributed by atoms with Crippen molar-refractivity contribution >= 4 is 11.9 Å². The average Bonchev–Trinajstić information content (AvgIpc) is 2.94. The van der Waals surface area contributed by atoms with Crippen molar-refractivity contribution in [3.63, 3.8) is 0 Å². The fourth-order valence-electron chi connectivity index (χ4n) is 2.81. The average molecular weight is 330 g/mol. The first kappa shape index (κ1) is 16.2. The Morgan fingerprint density at radius 1 is 1.46 bits per heavy atom. The van der Waals surface area contributed by atoms with E-state index in [1.807, 2.05) is 14.0 Å². The van der Waals surface area contributed by atoms with Gasteiger partial charge in [0.15, 0.2) is 0 Å². The molecule has 24 heavy (non-hydrogen) atoms. The minimum atomic E-state index is -0.142. The van der Waals surface area contributed by atoms with Gasteiger partial charge < -0.3 is 15.0 Å². The third-order valence-electron chi connectivity index (χ3n) is 4.21. The van der Waals surface area contributed by atoms with Gasteiger partial charge in [-0.1, -0.05) is 0 Å². The third-order valence-corrected chi connectivity index (χ3v) is 4.21. The molecule has 2 aromatic heterocycles. The van der Waals surface area contributed by atoms with E-state index in [-0.39, 0.29) is 11.9 Å². The van der Waals surface area contributed by atoms with Crippen LogP contribution in [0.5, 0.6) is 5.88 Å². The topological polar surface area (TPSA) is 85.2 Å². The smallest absolute Gasteiger partial charge is 0.272 e. The Kier molecular flexibility index (Phi) is 4.64. The molecule has 0 aliphatic carbocycles.